The van der Waals surface area contributed by atoms with E-state index in [-0.39, 0.29) is 16.1 Å². The molecule has 2 fully saturated rings. The quantitative estimate of drug-likeness (QED) is 0.636. The average Bonchev–Trinajstić information content (AvgIpc) is 3.28. The molecule has 33 heavy (non-hydrogen) atoms. The molecule has 2 N–H and O–H groups in total. The van der Waals surface area contributed by atoms with E-state index in [0.717, 1.165) is 51.1 Å². The average molecular weight is 473 g/mol. The summed E-state index contributed by atoms with van der Waals surface area (Å²) in [5.74, 6) is -0.238. The predicted molar refractivity (Wildman–Crippen MR) is 129 cm³/mol. The van der Waals surface area contributed by atoms with Crippen molar-refractivity contribution in [3.8, 4) is 0 Å². The van der Waals surface area contributed by atoms with Crippen molar-refractivity contribution in [2.75, 3.05) is 42.3 Å². The standard InChI is InChI=1S/C24H32N4O4S/c1-17-7-8-18(2)22(12-17)33(31,32)26-20-13-21(24(29)30)23(25-14-20)28-11-5-6-19(16-28)15-27-9-3-4-10-27/h7-8,12-14,19,26H,3-6,9-11,15-16H2,1-2H3,(H,29,30). The second-order valence-electron chi connectivity index (χ2n) is 9.24. The van der Waals surface area contributed by atoms with Gasteiger partial charge >= 0.3 is 5.97 Å². The second-order valence-corrected chi connectivity index (χ2v) is 10.9. The maximum atomic E-state index is 12.9. The molecule has 1 unspecified atom stereocenters. The molecule has 178 valence electrons. The monoisotopic (exact) mass is 472 g/mol. The van der Waals surface area contributed by atoms with Gasteiger partial charge in [-0.15, -0.1) is 0 Å². The van der Waals surface area contributed by atoms with Crippen LogP contribution in [-0.4, -0.2) is 62.1 Å². The molecular formula is C24H32N4O4S. The number of aromatic carboxylic acids is 1. The zero-order valence-corrected chi connectivity index (χ0v) is 20.1. The van der Waals surface area contributed by atoms with Crippen LogP contribution >= 0.6 is 0 Å². The summed E-state index contributed by atoms with van der Waals surface area (Å²) in [4.78, 5) is 21.2. The number of anilines is 2. The van der Waals surface area contributed by atoms with Crippen molar-refractivity contribution in [2.45, 2.75) is 44.4 Å². The smallest absolute Gasteiger partial charge is 0.339 e. The Morgan fingerprint density at radius 1 is 1.15 bits per heavy atom. The van der Waals surface area contributed by atoms with Crippen LogP contribution < -0.4 is 9.62 Å². The second kappa shape index (κ2) is 9.69. The van der Waals surface area contributed by atoms with Crippen LogP contribution in [0.15, 0.2) is 35.4 Å². The molecule has 0 amide bonds. The van der Waals surface area contributed by atoms with E-state index in [0.29, 0.717) is 17.3 Å². The number of pyridine rings is 1. The van der Waals surface area contributed by atoms with Crippen molar-refractivity contribution < 1.29 is 18.3 Å². The number of benzene rings is 1. The topological polar surface area (TPSA) is 103 Å². The highest BCUT2D eigenvalue weighted by atomic mass is 32.2. The summed E-state index contributed by atoms with van der Waals surface area (Å²) in [6.45, 7) is 8.38. The Morgan fingerprint density at radius 3 is 2.64 bits per heavy atom. The van der Waals surface area contributed by atoms with Gasteiger partial charge in [0.1, 0.15) is 11.4 Å². The van der Waals surface area contributed by atoms with Crippen LogP contribution in [0, 0.1) is 19.8 Å². The number of hydrogen-bond donors (Lipinski definition) is 2. The lowest BCUT2D eigenvalue weighted by Gasteiger charge is -2.36. The van der Waals surface area contributed by atoms with E-state index in [1.54, 1.807) is 19.1 Å². The fraction of sp³-hybridized carbons (Fsp3) is 0.500. The minimum Gasteiger partial charge on any atom is -0.478 e. The molecule has 2 aliphatic heterocycles. The van der Waals surface area contributed by atoms with Crippen LogP contribution in [0.4, 0.5) is 11.5 Å². The number of sulfonamides is 1. The Labute approximate surface area is 195 Å². The molecule has 1 atom stereocenters. The Bertz CT molecular complexity index is 1130. The molecule has 0 radical (unpaired) electrons. The molecule has 9 heteroatoms. The van der Waals surface area contributed by atoms with Crippen LogP contribution in [0.2, 0.25) is 0 Å². The number of nitrogens with one attached hydrogen (secondary N) is 1. The lowest BCUT2D eigenvalue weighted by atomic mass is 9.97. The van der Waals surface area contributed by atoms with E-state index >= 15 is 0 Å². The fourth-order valence-electron chi connectivity index (χ4n) is 4.87. The van der Waals surface area contributed by atoms with Gasteiger partial charge in [-0.3, -0.25) is 4.72 Å². The van der Waals surface area contributed by atoms with Gasteiger partial charge < -0.3 is 14.9 Å². The summed E-state index contributed by atoms with van der Waals surface area (Å²) >= 11 is 0. The van der Waals surface area contributed by atoms with E-state index in [1.165, 1.54) is 25.1 Å². The Kier molecular flexibility index (Phi) is 6.90. The van der Waals surface area contributed by atoms with Crippen LogP contribution in [0.1, 0.15) is 47.2 Å². The number of rotatable bonds is 7. The minimum atomic E-state index is -3.87. The first-order valence-corrected chi connectivity index (χ1v) is 13.0. The lowest BCUT2D eigenvalue weighted by molar-refractivity contribution is 0.0697. The summed E-state index contributed by atoms with van der Waals surface area (Å²) in [5.41, 5.74) is 1.60. The van der Waals surface area contributed by atoms with Gasteiger partial charge in [0.15, 0.2) is 0 Å². The Morgan fingerprint density at radius 2 is 1.91 bits per heavy atom. The van der Waals surface area contributed by atoms with Gasteiger partial charge in [0.05, 0.1) is 16.8 Å². The molecule has 0 saturated carbocycles. The fourth-order valence-corrected chi connectivity index (χ4v) is 6.23. The third-order valence-electron chi connectivity index (χ3n) is 6.52. The predicted octanol–water partition coefficient (Wildman–Crippen LogP) is 3.51. The first kappa shape index (κ1) is 23.5. The molecule has 1 aromatic carbocycles. The van der Waals surface area contributed by atoms with Gasteiger partial charge in [-0.05, 0) is 81.8 Å². The van der Waals surface area contributed by atoms with E-state index < -0.39 is 16.0 Å². The van der Waals surface area contributed by atoms with E-state index in [2.05, 4.69) is 14.6 Å². The maximum Gasteiger partial charge on any atom is 0.339 e. The molecule has 0 spiro atoms. The summed E-state index contributed by atoms with van der Waals surface area (Å²) in [6, 6.07) is 6.58. The normalized spacial score (nSPS) is 19.6. The van der Waals surface area contributed by atoms with Crippen molar-refractivity contribution in [3.05, 3.63) is 47.2 Å². The number of likely N-dealkylation sites (tertiary alicyclic amines) is 1. The van der Waals surface area contributed by atoms with Gasteiger partial charge in [0.25, 0.3) is 10.0 Å². The highest BCUT2D eigenvalue weighted by Gasteiger charge is 2.27. The van der Waals surface area contributed by atoms with E-state index in [4.69, 9.17) is 0 Å². The number of carboxylic acid groups (broad SMARTS) is 1. The van der Waals surface area contributed by atoms with E-state index in [9.17, 15) is 18.3 Å². The molecule has 2 saturated heterocycles. The SMILES string of the molecule is Cc1ccc(C)c(S(=O)(=O)Nc2cnc(N3CCCC(CN4CCCC4)C3)c(C(=O)O)c2)c1. The molecular weight excluding hydrogens is 440 g/mol. The van der Waals surface area contributed by atoms with Crippen LogP contribution in [0.25, 0.3) is 0 Å². The largest absolute Gasteiger partial charge is 0.478 e. The molecule has 4 rings (SSSR count). The highest BCUT2D eigenvalue weighted by Crippen LogP contribution is 2.29. The summed E-state index contributed by atoms with van der Waals surface area (Å²) < 4.78 is 28.4. The van der Waals surface area contributed by atoms with Crippen molar-refractivity contribution in [2.24, 2.45) is 5.92 Å². The van der Waals surface area contributed by atoms with Crippen LogP contribution in [-0.2, 0) is 10.0 Å². The number of piperidine rings is 1. The van der Waals surface area contributed by atoms with Crippen molar-refractivity contribution in [1.29, 1.82) is 0 Å². The van der Waals surface area contributed by atoms with Gasteiger partial charge in [0, 0.05) is 19.6 Å². The summed E-state index contributed by atoms with van der Waals surface area (Å²) in [7, 11) is -3.87. The Hall–Kier alpha value is -2.65. The van der Waals surface area contributed by atoms with Gasteiger partial charge in [0.2, 0.25) is 0 Å². The molecule has 0 aliphatic carbocycles. The van der Waals surface area contributed by atoms with Crippen LogP contribution in [0.5, 0.6) is 0 Å². The zero-order chi connectivity index (χ0) is 23.6. The van der Waals surface area contributed by atoms with Gasteiger partial charge in [-0.1, -0.05) is 12.1 Å². The summed E-state index contributed by atoms with van der Waals surface area (Å²) in [6.07, 6.45) is 6.03. The number of aromatic nitrogens is 1. The zero-order valence-electron chi connectivity index (χ0n) is 19.2. The number of aryl methyl sites for hydroxylation is 2. The highest BCUT2D eigenvalue weighted by molar-refractivity contribution is 7.92. The summed E-state index contributed by atoms with van der Waals surface area (Å²) in [5, 5.41) is 9.86. The lowest BCUT2D eigenvalue weighted by Crippen LogP contribution is -2.41. The maximum absolute atomic E-state index is 12.9. The minimum absolute atomic E-state index is 0.0120. The molecule has 1 aromatic heterocycles. The number of hydrogen-bond acceptors (Lipinski definition) is 6. The van der Waals surface area contributed by atoms with Crippen molar-refractivity contribution in [1.82, 2.24) is 9.88 Å². The first-order valence-electron chi connectivity index (χ1n) is 11.5. The van der Waals surface area contributed by atoms with Crippen molar-refractivity contribution in [3.63, 3.8) is 0 Å². The third-order valence-corrected chi connectivity index (χ3v) is 8.04. The molecule has 2 aliphatic rings. The number of carbonyl (C=O) groups is 1. The van der Waals surface area contributed by atoms with E-state index in [1.807, 2.05) is 17.9 Å². The van der Waals surface area contributed by atoms with Gasteiger partial charge in [-0.2, -0.15) is 0 Å². The third kappa shape index (κ3) is 5.47. The number of nitrogens with zero attached hydrogens (tertiary/aromatic N) is 3. The first-order chi connectivity index (χ1) is 15.7. The molecule has 0 bridgehead atoms. The molecule has 3 heterocycles. The van der Waals surface area contributed by atoms with Gasteiger partial charge in [-0.25, -0.2) is 18.2 Å². The molecule has 2 aromatic rings. The molecule has 8 nitrogen and oxygen atoms in total. The number of carboxylic acids is 1. The Balaban J connectivity index is 1.55. The van der Waals surface area contributed by atoms with Crippen molar-refractivity contribution >= 4 is 27.5 Å². The van der Waals surface area contributed by atoms with Crippen LogP contribution in [0.3, 0.4) is 0 Å².